The van der Waals surface area contributed by atoms with E-state index < -0.39 is 0 Å². The lowest BCUT2D eigenvalue weighted by atomic mass is 10.0. The molecule has 4 heteroatoms. The van der Waals surface area contributed by atoms with Crippen LogP contribution in [0.5, 0.6) is 0 Å². The van der Waals surface area contributed by atoms with Gasteiger partial charge in [-0.1, -0.05) is 68.5 Å². The fourth-order valence-corrected chi connectivity index (χ4v) is 3.86. The van der Waals surface area contributed by atoms with E-state index in [0.29, 0.717) is 6.61 Å². The Hall–Kier alpha value is -1.39. The lowest BCUT2D eigenvalue weighted by molar-refractivity contribution is -0.147. The summed E-state index contributed by atoms with van der Waals surface area (Å²) >= 11 is 6.75. The average molecular weight is 464 g/mol. The summed E-state index contributed by atoms with van der Waals surface area (Å²) in [5.74, 6) is -0.0167. The molecule has 25 heavy (non-hydrogen) atoms. The van der Waals surface area contributed by atoms with Crippen molar-refractivity contribution in [1.29, 1.82) is 0 Å². The van der Waals surface area contributed by atoms with E-state index in [4.69, 9.17) is 4.74 Å². The number of halogens is 2. The Labute approximate surface area is 165 Å². The lowest BCUT2D eigenvalue weighted by Gasteiger charge is -2.08. The van der Waals surface area contributed by atoms with Gasteiger partial charge in [0.25, 0.3) is 0 Å². The molecule has 1 aliphatic rings. The van der Waals surface area contributed by atoms with Crippen molar-refractivity contribution in [1.82, 2.24) is 0 Å². The van der Waals surface area contributed by atoms with Crippen LogP contribution in [0.3, 0.4) is 0 Å². The lowest BCUT2D eigenvalue weighted by Crippen LogP contribution is -2.10. The second kappa shape index (κ2) is 7.46. The number of benzene rings is 2. The van der Waals surface area contributed by atoms with Crippen molar-refractivity contribution in [2.24, 2.45) is 17.3 Å². The number of hydrogen-bond acceptors (Lipinski definition) is 2. The van der Waals surface area contributed by atoms with Crippen LogP contribution in [-0.2, 0) is 16.1 Å². The van der Waals surface area contributed by atoms with Gasteiger partial charge in [-0.2, -0.15) is 0 Å². The molecule has 130 valence electrons. The van der Waals surface area contributed by atoms with Crippen LogP contribution in [0.25, 0.3) is 11.1 Å². The minimum atomic E-state index is -0.127. The third kappa shape index (κ3) is 4.24. The van der Waals surface area contributed by atoms with Gasteiger partial charge in [0, 0.05) is 0 Å². The zero-order valence-electron chi connectivity index (χ0n) is 14.2. The van der Waals surface area contributed by atoms with E-state index in [-0.39, 0.29) is 23.2 Å². The molecule has 0 unspecified atom stereocenters. The Kier molecular flexibility index (Phi) is 5.49. The highest BCUT2D eigenvalue weighted by Crippen LogP contribution is 2.60. The Balaban J connectivity index is 1.65. The van der Waals surface area contributed by atoms with Gasteiger partial charge in [0.15, 0.2) is 0 Å². The Morgan fingerprint density at radius 2 is 1.76 bits per heavy atom. The summed E-state index contributed by atoms with van der Waals surface area (Å²) in [6, 6.07) is 18.3. The molecule has 2 atom stereocenters. The van der Waals surface area contributed by atoms with Gasteiger partial charge in [-0.25, -0.2) is 0 Å². The van der Waals surface area contributed by atoms with Crippen molar-refractivity contribution in [3.05, 3.63) is 69.6 Å². The second-order valence-corrected chi connectivity index (χ2v) is 9.73. The van der Waals surface area contributed by atoms with Crippen molar-refractivity contribution in [3.63, 3.8) is 0 Å². The summed E-state index contributed by atoms with van der Waals surface area (Å²) in [6.45, 7) is 4.50. The van der Waals surface area contributed by atoms with E-state index >= 15 is 0 Å². The Morgan fingerprint density at radius 1 is 1.08 bits per heavy atom. The molecule has 0 heterocycles. The molecule has 0 amide bonds. The molecule has 2 aromatic carbocycles. The molecule has 3 rings (SSSR count). The van der Waals surface area contributed by atoms with E-state index in [0.717, 1.165) is 20.1 Å². The summed E-state index contributed by atoms with van der Waals surface area (Å²) in [6.07, 6.45) is 2.03. The number of allylic oxidation sites excluding steroid dienone is 1. The summed E-state index contributed by atoms with van der Waals surface area (Å²) in [4.78, 5) is 12.5. The maximum atomic E-state index is 12.5. The van der Waals surface area contributed by atoms with Gasteiger partial charge in [-0.3, -0.25) is 4.79 Å². The second-order valence-electron chi connectivity index (χ2n) is 6.96. The van der Waals surface area contributed by atoms with Gasteiger partial charge in [-0.15, -0.1) is 0 Å². The Morgan fingerprint density at radius 3 is 2.44 bits per heavy atom. The van der Waals surface area contributed by atoms with E-state index in [1.807, 2.05) is 36.4 Å². The van der Waals surface area contributed by atoms with Crippen molar-refractivity contribution in [2.45, 2.75) is 20.5 Å². The minimum Gasteiger partial charge on any atom is -0.461 e. The maximum absolute atomic E-state index is 12.5. The molecule has 0 saturated heterocycles. The number of hydrogen-bond donors (Lipinski definition) is 0. The predicted molar refractivity (Wildman–Crippen MR) is 108 cm³/mol. The molecule has 2 nitrogen and oxygen atoms in total. The molecule has 0 bridgehead atoms. The normalized spacial score (nSPS) is 20.6. The fraction of sp³-hybridized carbons (Fsp3) is 0.286. The van der Waals surface area contributed by atoms with Gasteiger partial charge in [0.05, 0.1) is 9.31 Å². The number of carbonyl (C=O) groups excluding carboxylic acids is 1. The maximum Gasteiger partial charge on any atom is 0.310 e. The van der Waals surface area contributed by atoms with E-state index in [2.05, 4.69) is 70.0 Å². The highest BCUT2D eigenvalue weighted by molar-refractivity contribution is 9.28. The van der Waals surface area contributed by atoms with Crippen LogP contribution in [0.2, 0.25) is 0 Å². The van der Waals surface area contributed by atoms with Crippen LogP contribution < -0.4 is 0 Å². The van der Waals surface area contributed by atoms with E-state index in [9.17, 15) is 4.79 Å². The van der Waals surface area contributed by atoms with Crippen molar-refractivity contribution >= 4 is 37.8 Å². The van der Waals surface area contributed by atoms with Gasteiger partial charge >= 0.3 is 5.97 Å². The monoisotopic (exact) mass is 462 g/mol. The first kappa shape index (κ1) is 18.4. The van der Waals surface area contributed by atoms with Crippen LogP contribution >= 0.6 is 31.9 Å². The highest BCUT2D eigenvalue weighted by atomic mass is 79.9. The van der Waals surface area contributed by atoms with Crippen molar-refractivity contribution < 1.29 is 9.53 Å². The van der Waals surface area contributed by atoms with Crippen LogP contribution in [-0.4, -0.2) is 5.97 Å². The summed E-state index contributed by atoms with van der Waals surface area (Å²) < 4.78 is 6.47. The molecule has 0 aromatic heterocycles. The molecule has 0 spiro atoms. The van der Waals surface area contributed by atoms with Gasteiger partial charge in [0.2, 0.25) is 0 Å². The van der Waals surface area contributed by atoms with Crippen molar-refractivity contribution in [2.75, 3.05) is 0 Å². The highest BCUT2D eigenvalue weighted by Gasteiger charge is 2.61. The van der Waals surface area contributed by atoms with Gasteiger partial charge in [-0.05, 0) is 65.9 Å². The van der Waals surface area contributed by atoms with E-state index in [1.165, 1.54) is 0 Å². The molecule has 0 radical (unpaired) electrons. The SMILES string of the molecule is CC1(C)[C@H](C(=O)OCc2cccc(-c3ccccc3)c2)[C@@H]1C=C(Br)Br. The van der Waals surface area contributed by atoms with Gasteiger partial charge < -0.3 is 4.74 Å². The molecular weight excluding hydrogens is 444 g/mol. The molecule has 1 fully saturated rings. The zero-order chi connectivity index (χ0) is 18.0. The van der Waals surface area contributed by atoms with Crippen LogP contribution in [0.1, 0.15) is 19.4 Å². The molecular formula is C21H20Br2O2. The third-order valence-electron chi connectivity index (χ3n) is 4.89. The number of ether oxygens (including phenoxy) is 1. The first-order chi connectivity index (χ1) is 11.9. The quantitative estimate of drug-likeness (QED) is 0.486. The van der Waals surface area contributed by atoms with Crippen LogP contribution in [0.4, 0.5) is 0 Å². The number of carbonyl (C=O) groups is 1. The molecule has 2 aromatic rings. The topological polar surface area (TPSA) is 26.3 Å². The number of rotatable bonds is 5. The molecule has 0 aliphatic heterocycles. The van der Waals surface area contributed by atoms with E-state index in [1.54, 1.807) is 0 Å². The minimum absolute atomic E-state index is 0.0598. The molecule has 1 saturated carbocycles. The first-order valence-corrected chi connectivity index (χ1v) is 9.82. The number of esters is 1. The largest absolute Gasteiger partial charge is 0.461 e. The fourth-order valence-electron chi connectivity index (χ4n) is 3.29. The van der Waals surface area contributed by atoms with Crippen molar-refractivity contribution in [3.8, 4) is 11.1 Å². The van der Waals surface area contributed by atoms with Crippen LogP contribution in [0.15, 0.2) is 64.1 Å². The Bertz CT molecular complexity index is 793. The standard InChI is InChI=1S/C21H20Br2O2/c1-21(2)17(12-18(22)23)19(21)20(24)25-13-14-7-6-10-16(11-14)15-8-4-3-5-9-15/h3-12,17,19H,13H2,1-2H3/t17-,19-/m0/s1. The third-order valence-corrected chi connectivity index (χ3v) is 5.41. The summed E-state index contributed by atoms with van der Waals surface area (Å²) in [7, 11) is 0. The summed E-state index contributed by atoms with van der Waals surface area (Å²) in [5, 5.41) is 0. The zero-order valence-corrected chi connectivity index (χ0v) is 17.4. The van der Waals surface area contributed by atoms with Gasteiger partial charge in [0.1, 0.15) is 6.61 Å². The summed E-state index contributed by atoms with van der Waals surface area (Å²) in [5.41, 5.74) is 3.23. The molecule has 1 aliphatic carbocycles. The predicted octanol–water partition coefficient (Wildman–Crippen LogP) is 6.30. The first-order valence-electron chi connectivity index (χ1n) is 8.23. The molecule has 0 N–H and O–H groups in total. The van der Waals surface area contributed by atoms with Crippen LogP contribution in [0, 0.1) is 17.3 Å². The smallest absolute Gasteiger partial charge is 0.310 e. The average Bonchev–Trinajstić information content (AvgIpc) is 3.13.